The zero-order valence-electron chi connectivity index (χ0n) is 11.6. The molecule has 1 N–H and O–H groups in total. The number of hydrogen-bond donors (Lipinski definition) is 1. The first kappa shape index (κ1) is 15.1. The minimum absolute atomic E-state index is 0.0966. The fourth-order valence-corrected chi connectivity index (χ4v) is 2.45. The van der Waals surface area contributed by atoms with Gasteiger partial charge in [0.25, 0.3) is 0 Å². The van der Waals surface area contributed by atoms with Crippen LogP contribution in [-0.2, 0) is 0 Å². The molecule has 0 aliphatic heterocycles. The van der Waals surface area contributed by atoms with Crippen LogP contribution in [0.1, 0.15) is 19.0 Å². The largest absolute Gasteiger partial charge is 0.354 e. The zero-order chi connectivity index (χ0) is 15.2. The number of anilines is 1. The molecule has 21 heavy (non-hydrogen) atoms. The van der Waals surface area contributed by atoms with Crippen LogP contribution >= 0.6 is 11.8 Å². The lowest BCUT2D eigenvalue weighted by Crippen LogP contribution is -2.08. The van der Waals surface area contributed by atoms with Crippen molar-refractivity contribution in [1.82, 2.24) is 19.9 Å². The highest BCUT2D eigenvalue weighted by Gasteiger charge is 2.23. The van der Waals surface area contributed by atoms with Crippen molar-refractivity contribution in [3.63, 3.8) is 0 Å². The molecule has 0 radical (unpaired) electrons. The highest BCUT2D eigenvalue weighted by atomic mass is 32.2. The molecule has 0 unspecified atom stereocenters. The molecule has 2 heterocycles. The fourth-order valence-electron chi connectivity index (χ4n) is 1.58. The van der Waals surface area contributed by atoms with Gasteiger partial charge in [0.2, 0.25) is 5.95 Å². The van der Waals surface area contributed by atoms with E-state index in [1.54, 1.807) is 19.2 Å². The molecule has 110 valence electrons. The fraction of sp³-hybridized carbons (Fsp3) is 0.333. The maximum atomic E-state index is 11.2. The Morgan fingerprint density at radius 1 is 1.43 bits per heavy atom. The van der Waals surface area contributed by atoms with Crippen molar-refractivity contribution in [2.75, 3.05) is 11.9 Å². The van der Waals surface area contributed by atoms with Gasteiger partial charge in [-0.05, 0) is 31.2 Å². The first-order chi connectivity index (χ1) is 10.1. The first-order valence-corrected chi connectivity index (χ1v) is 7.14. The van der Waals surface area contributed by atoms with E-state index in [4.69, 9.17) is 0 Å². The van der Waals surface area contributed by atoms with Crippen LogP contribution in [0.4, 0.5) is 11.6 Å². The maximum Gasteiger partial charge on any atom is 0.322 e. The number of nitrogens with zero attached hydrogens (tertiary/aromatic N) is 5. The normalized spacial score (nSPS) is 10.4. The van der Waals surface area contributed by atoms with Crippen molar-refractivity contribution in [2.45, 2.75) is 30.3 Å². The van der Waals surface area contributed by atoms with Crippen molar-refractivity contribution in [3.05, 3.63) is 34.4 Å². The molecule has 0 aliphatic carbocycles. The second-order valence-electron chi connectivity index (χ2n) is 4.12. The molecule has 0 aliphatic rings. The van der Waals surface area contributed by atoms with Gasteiger partial charge in [-0.3, -0.25) is 10.1 Å². The SMILES string of the molecule is CCCNc1nc(C)c([N+](=O)[O-])c(Sc2ccncn2)n1. The molecule has 0 fully saturated rings. The van der Waals surface area contributed by atoms with E-state index in [1.165, 1.54) is 6.33 Å². The lowest BCUT2D eigenvalue weighted by Gasteiger charge is -2.08. The van der Waals surface area contributed by atoms with Gasteiger partial charge in [0, 0.05) is 12.7 Å². The third-order valence-electron chi connectivity index (χ3n) is 2.50. The van der Waals surface area contributed by atoms with Crippen molar-refractivity contribution in [3.8, 4) is 0 Å². The van der Waals surface area contributed by atoms with Crippen LogP contribution < -0.4 is 5.32 Å². The molecular weight excluding hydrogens is 292 g/mol. The molecule has 2 rings (SSSR count). The van der Waals surface area contributed by atoms with Gasteiger partial charge in [-0.1, -0.05) is 6.92 Å². The number of aromatic nitrogens is 4. The van der Waals surface area contributed by atoms with Crippen LogP contribution in [-0.4, -0.2) is 31.4 Å². The summed E-state index contributed by atoms with van der Waals surface area (Å²) in [6.45, 7) is 4.32. The van der Waals surface area contributed by atoms with Gasteiger partial charge in [0.05, 0.1) is 4.92 Å². The lowest BCUT2D eigenvalue weighted by atomic mass is 10.4. The number of aryl methyl sites for hydroxylation is 1. The van der Waals surface area contributed by atoms with Crippen LogP contribution in [0.15, 0.2) is 28.6 Å². The second-order valence-corrected chi connectivity index (χ2v) is 5.13. The third kappa shape index (κ3) is 3.85. The monoisotopic (exact) mass is 306 g/mol. The van der Waals surface area contributed by atoms with E-state index < -0.39 is 4.92 Å². The standard InChI is InChI=1S/C12H14N6O2S/c1-3-5-14-12-16-8(2)10(18(19)20)11(17-12)21-9-4-6-13-7-15-9/h4,6-7H,3,5H2,1-2H3,(H,14,16,17). The molecule has 0 saturated carbocycles. The molecule has 0 bridgehead atoms. The van der Waals surface area contributed by atoms with Gasteiger partial charge < -0.3 is 5.32 Å². The number of hydrogen-bond acceptors (Lipinski definition) is 8. The molecule has 2 aromatic rings. The third-order valence-corrected chi connectivity index (χ3v) is 3.43. The van der Waals surface area contributed by atoms with E-state index in [-0.39, 0.29) is 10.7 Å². The summed E-state index contributed by atoms with van der Waals surface area (Å²) < 4.78 is 0. The average molecular weight is 306 g/mol. The first-order valence-electron chi connectivity index (χ1n) is 6.32. The number of rotatable bonds is 6. The van der Waals surface area contributed by atoms with Crippen LogP contribution in [0.2, 0.25) is 0 Å². The van der Waals surface area contributed by atoms with Crippen LogP contribution in [0.25, 0.3) is 0 Å². The Kier molecular flexibility index (Phi) is 4.99. The Bertz CT molecular complexity index is 637. The lowest BCUT2D eigenvalue weighted by molar-refractivity contribution is -0.389. The highest BCUT2D eigenvalue weighted by Crippen LogP contribution is 2.34. The van der Waals surface area contributed by atoms with E-state index >= 15 is 0 Å². The smallest absolute Gasteiger partial charge is 0.322 e. The predicted molar refractivity (Wildman–Crippen MR) is 78.4 cm³/mol. The van der Waals surface area contributed by atoms with Gasteiger partial charge in [-0.2, -0.15) is 4.98 Å². The van der Waals surface area contributed by atoms with Crippen molar-refractivity contribution in [2.24, 2.45) is 0 Å². The predicted octanol–water partition coefficient (Wildman–Crippen LogP) is 2.46. The van der Waals surface area contributed by atoms with E-state index in [1.807, 2.05) is 6.92 Å². The van der Waals surface area contributed by atoms with Crippen LogP contribution in [0, 0.1) is 17.0 Å². The van der Waals surface area contributed by atoms with Crippen LogP contribution in [0.5, 0.6) is 0 Å². The summed E-state index contributed by atoms with van der Waals surface area (Å²) in [6.07, 6.45) is 3.87. The molecule has 2 aromatic heterocycles. The van der Waals surface area contributed by atoms with Crippen molar-refractivity contribution < 1.29 is 4.92 Å². The summed E-state index contributed by atoms with van der Waals surface area (Å²) in [5.74, 6) is 0.386. The summed E-state index contributed by atoms with van der Waals surface area (Å²) in [6, 6.07) is 1.67. The molecule has 0 aromatic carbocycles. The van der Waals surface area contributed by atoms with Gasteiger partial charge in [0.1, 0.15) is 17.0 Å². The zero-order valence-corrected chi connectivity index (χ0v) is 12.4. The maximum absolute atomic E-state index is 11.2. The number of nitro groups is 1. The summed E-state index contributed by atoms with van der Waals surface area (Å²) in [5, 5.41) is 15.1. The molecule has 0 spiro atoms. The molecule has 0 atom stereocenters. The minimum Gasteiger partial charge on any atom is -0.354 e. The molecule has 0 saturated heterocycles. The van der Waals surface area contributed by atoms with Gasteiger partial charge in [0.15, 0.2) is 5.03 Å². The molecular formula is C12H14N6O2S. The Morgan fingerprint density at radius 3 is 2.86 bits per heavy atom. The average Bonchev–Trinajstić information content (AvgIpc) is 2.45. The van der Waals surface area contributed by atoms with E-state index in [0.717, 1.165) is 18.2 Å². The molecule has 9 heteroatoms. The Morgan fingerprint density at radius 2 is 2.24 bits per heavy atom. The highest BCUT2D eigenvalue weighted by molar-refractivity contribution is 7.99. The van der Waals surface area contributed by atoms with E-state index in [0.29, 0.717) is 23.2 Å². The van der Waals surface area contributed by atoms with Gasteiger partial charge >= 0.3 is 5.69 Å². The van der Waals surface area contributed by atoms with Gasteiger partial charge in [-0.25, -0.2) is 15.0 Å². The summed E-state index contributed by atoms with van der Waals surface area (Å²) in [5.41, 5.74) is 0.228. The Hall–Kier alpha value is -2.29. The van der Waals surface area contributed by atoms with Crippen molar-refractivity contribution >= 4 is 23.4 Å². The summed E-state index contributed by atoms with van der Waals surface area (Å²) in [7, 11) is 0. The molecule has 8 nitrogen and oxygen atoms in total. The van der Waals surface area contributed by atoms with E-state index in [9.17, 15) is 10.1 Å². The number of nitrogens with one attached hydrogen (secondary N) is 1. The summed E-state index contributed by atoms with van der Waals surface area (Å²) in [4.78, 5) is 27.0. The van der Waals surface area contributed by atoms with Crippen LogP contribution in [0.3, 0.4) is 0 Å². The van der Waals surface area contributed by atoms with Crippen molar-refractivity contribution in [1.29, 1.82) is 0 Å². The van der Waals surface area contributed by atoms with Gasteiger partial charge in [-0.15, -0.1) is 0 Å². The quantitative estimate of drug-likeness (QED) is 0.492. The topological polar surface area (TPSA) is 107 Å². The second kappa shape index (κ2) is 6.93. The Labute approximate surface area is 125 Å². The van der Waals surface area contributed by atoms with E-state index in [2.05, 4.69) is 25.3 Å². The Balaban J connectivity index is 2.39. The summed E-state index contributed by atoms with van der Waals surface area (Å²) >= 11 is 1.12. The molecule has 0 amide bonds. The minimum atomic E-state index is -0.470.